The molecule has 0 spiro atoms. The summed E-state index contributed by atoms with van der Waals surface area (Å²) in [4.78, 5) is 18.5. The van der Waals surface area contributed by atoms with Gasteiger partial charge < -0.3 is 15.0 Å². The summed E-state index contributed by atoms with van der Waals surface area (Å²) >= 11 is 0. The quantitative estimate of drug-likeness (QED) is 0.945. The molecule has 2 amide bonds. The number of rotatable bonds is 3. The number of carbonyl (C=O) groups is 1. The van der Waals surface area contributed by atoms with Crippen LogP contribution in [0.3, 0.4) is 0 Å². The zero-order valence-corrected chi connectivity index (χ0v) is 13.5. The number of carbonyl (C=O) groups excluding carboxylic acids is 1. The Hall–Kier alpha value is -2.56. The predicted molar refractivity (Wildman–Crippen MR) is 90.9 cm³/mol. The van der Waals surface area contributed by atoms with Gasteiger partial charge in [-0.1, -0.05) is 24.3 Å². The third-order valence-corrected chi connectivity index (χ3v) is 4.80. The van der Waals surface area contributed by atoms with E-state index < -0.39 is 0 Å². The van der Waals surface area contributed by atoms with Crippen LogP contribution >= 0.6 is 0 Å². The molecule has 1 aromatic heterocycles. The number of urea groups is 1. The van der Waals surface area contributed by atoms with Gasteiger partial charge in [0.2, 0.25) is 0 Å². The van der Waals surface area contributed by atoms with E-state index in [9.17, 15) is 4.79 Å². The number of hydrogen-bond donors (Lipinski definition) is 1. The van der Waals surface area contributed by atoms with Gasteiger partial charge in [-0.2, -0.15) is 0 Å². The van der Waals surface area contributed by atoms with Crippen LogP contribution in [0.2, 0.25) is 0 Å². The number of aryl methyl sites for hydroxylation is 1. The van der Waals surface area contributed by atoms with Crippen molar-refractivity contribution in [3.8, 4) is 5.75 Å². The van der Waals surface area contributed by atoms with E-state index in [2.05, 4.69) is 28.5 Å². The largest absolute Gasteiger partial charge is 0.487 e. The van der Waals surface area contributed by atoms with Crippen molar-refractivity contribution in [2.45, 2.75) is 31.4 Å². The van der Waals surface area contributed by atoms with Crippen molar-refractivity contribution in [2.75, 3.05) is 13.1 Å². The number of fused-ring (bicyclic) bond motifs is 1. The highest BCUT2D eigenvalue weighted by Crippen LogP contribution is 2.31. The molecule has 2 heterocycles. The van der Waals surface area contributed by atoms with Crippen molar-refractivity contribution in [3.63, 3.8) is 0 Å². The molecule has 1 N–H and O–H groups in total. The molecule has 1 saturated heterocycles. The van der Waals surface area contributed by atoms with Gasteiger partial charge in [0.25, 0.3) is 0 Å². The number of aromatic nitrogens is 1. The summed E-state index contributed by atoms with van der Waals surface area (Å²) in [7, 11) is 0. The smallest absolute Gasteiger partial charge is 0.318 e. The van der Waals surface area contributed by atoms with Crippen molar-refractivity contribution < 1.29 is 9.53 Å². The molecule has 2 aromatic rings. The summed E-state index contributed by atoms with van der Waals surface area (Å²) in [5, 5.41) is 3.18. The Morgan fingerprint density at radius 1 is 1.21 bits per heavy atom. The maximum absolute atomic E-state index is 12.6. The van der Waals surface area contributed by atoms with Crippen molar-refractivity contribution in [3.05, 3.63) is 59.9 Å². The fourth-order valence-electron chi connectivity index (χ4n) is 3.57. The summed E-state index contributed by atoms with van der Waals surface area (Å²) in [5.41, 5.74) is 2.61. The van der Waals surface area contributed by atoms with Crippen LogP contribution in [0.4, 0.5) is 4.79 Å². The van der Waals surface area contributed by atoms with Crippen molar-refractivity contribution >= 4 is 6.03 Å². The Morgan fingerprint density at radius 2 is 2.12 bits per heavy atom. The molecule has 1 fully saturated rings. The Morgan fingerprint density at radius 3 is 3.00 bits per heavy atom. The van der Waals surface area contributed by atoms with Crippen molar-refractivity contribution in [2.24, 2.45) is 0 Å². The number of amides is 2. The van der Waals surface area contributed by atoms with Crippen LogP contribution in [0.1, 0.15) is 30.0 Å². The van der Waals surface area contributed by atoms with E-state index in [4.69, 9.17) is 4.74 Å². The molecule has 2 atom stereocenters. The second-order valence-corrected chi connectivity index (χ2v) is 6.40. The standard InChI is InChI=1S/C19H21N3O2/c23-19(21-18-8-7-14-4-1-2-6-17(14)18)22-11-9-16(13-22)24-15-5-3-10-20-12-15/h1-6,10,12,16,18H,7-9,11,13H2,(H,21,23)/t16-,18+/m0/s1. The molecule has 0 unspecified atom stereocenters. The van der Waals surface area contributed by atoms with Crippen LogP contribution in [0.5, 0.6) is 5.75 Å². The van der Waals surface area contributed by atoms with E-state index in [1.54, 1.807) is 12.4 Å². The summed E-state index contributed by atoms with van der Waals surface area (Å²) < 4.78 is 5.90. The maximum Gasteiger partial charge on any atom is 0.318 e. The molecule has 5 heteroatoms. The van der Waals surface area contributed by atoms with E-state index in [0.29, 0.717) is 6.54 Å². The molecule has 1 aliphatic carbocycles. The molecule has 0 radical (unpaired) electrons. The van der Waals surface area contributed by atoms with Gasteiger partial charge in [-0.3, -0.25) is 4.98 Å². The van der Waals surface area contributed by atoms with E-state index in [1.165, 1.54) is 11.1 Å². The van der Waals surface area contributed by atoms with Gasteiger partial charge in [-0.25, -0.2) is 4.79 Å². The third-order valence-electron chi connectivity index (χ3n) is 4.80. The van der Waals surface area contributed by atoms with E-state index >= 15 is 0 Å². The Bertz CT molecular complexity index is 720. The first-order chi connectivity index (χ1) is 11.8. The fourth-order valence-corrected chi connectivity index (χ4v) is 3.57. The summed E-state index contributed by atoms with van der Waals surface area (Å²) in [6.45, 7) is 1.35. The highest BCUT2D eigenvalue weighted by Gasteiger charge is 2.30. The minimum absolute atomic E-state index is 0.00832. The third kappa shape index (κ3) is 3.07. The van der Waals surface area contributed by atoms with E-state index in [0.717, 1.165) is 31.6 Å². The Balaban J connectivity index is 1.33. The molecule has 4 rings (SSSR count). The number of nitrogens with one attached hydrogen (secondary N) is 1. The lowest BCUT2D eigenvalue weighted by molar-refractivity contribution is 0.184. The lowest BCUT2D eigenvalue weighted by atomic mass is 10.1. The first-order valence-corrected chi connectivity index (χ1v) is 8.49. The van der Waals surface area contributed by atoms with E-state index in [-0.39, 0.29) is 18.2 Å². The highest BCUT2D eigenvalue weighted by atomic mass is 16.5. The molecule has 124 valence electrons. The summed E-state index contributed by atoms with van der Waals surface area (Å²) in [6, 6.07) is 12.2. The average molecular weight is 323 g/mol. The first kappa shape index (κ1) is 15.0. The van der Waals surface area contributed by atoms with Gasteiger partial charge in [0.1, 0.15) is 11.9 Å². The zero-order chi connectivity index (χ0) is 16.4. The minimum Gasteiger partial charge on any atom is -0.487 e. The van der Waals surface area contributed by atoms with Gasteiger partial charge in [0.15, 0.2) is 0 Å². The monoisotopic (exact) mass is 323 g/mol. The number of pyridine rings is 1. The fraction of sp³-hybridized carbons (Fsp3) is 0.368. The highest BCUT2D eigenvalue weighted by molar-refractivity contribution is 5.75. The van der Waals surface area contributed by atoms with E-state index in [1.807, 2.05) is 23.1 Å². The van der Waals surface area contributed by atoms with Gasteiger partial charge in [-0.05, 0) is 36.1 Å². The molecular weight excluding hydrogens is 302 g/mol. The molecule has 0 saturated carbocycles. The molecule has 1 aromatic carbocycles. The van der Waals surface area contributed by atoms with Crippen LogP contribution < -0.4 is 10.1 Å². The summed E-state index contributed by atoms with van der Waals surface area (Å²) in [5.74, 6) is 0.759. The lowest BCUT2D eigenvalue weighted by Gasteiger charge is -2.21. The molecule has 5 nitrogen and oxygen atoms in total. The minimum atomic E-state index is 0.00832. The molecule has 2 aliphatic rings. The van der Waals surface area contributed by atoms with Crippen LogP contribution in [0.15, 0.2) is 48.8 Å². The second-order valence-electron chi connectivity index (χ2n) is 6.40. The van der Waals surface area contributed by atoms with Crippen LogP contribution in [0.25, 0.3) is 0 Å². The predicted octanol–water partition coefficient (Wildman–Crippen LogP) is 2.93. The maximum atomic E-state index is 12.6. The second kappa shape index (κ2) is 6.51. The number of nitrogens with zero attached hydrogens (tertiary/aromatic N) is 2. The molecular formula is C19H21N3O2. The zero-order valence-electron chi connectivity index (χ0n) is 13.5. The lowest BCUT2D eigenvalue weighted by Crippen LogP contribution is -2.40. The van der Waals surface area contributed by atoms with Gasteiger partial charge in [0.05, 0.1) is 18.8 Å². The number of likely N-dealkylation sites (tertiary alicyclic amines) is 1. The van der Waals surface area contributed by atoms with Gasteiger partial charge in [-0.15, -0.1) is 0 Å². The van der Waals surface area contributed by atoms with Crippen LogP contribution in [-0.4, -0.2) is 35.1 Å². The Kier molecular flexibility index (Phi) is 4.07. The topological polar surface area (TPSA) is 54.5 Å². The van der Waals surface area contributed by atoms with Crippen LogP contribution in [0, 0.1) is 0 Å². The van der Waals surface area contributed by atoms with Crippen LogP contribution in [-0.2, 0) is 6.42 Å². The first-order valence-electron chi connectivity index (χ1n) is 8.49. The summed E-state index contributed by atoms with van der Waals surface area (Å²) in [6.07, 6.45) is 6.33. The SMILES string of the molecule is O=C(N[C@@H]1CCc2ccccc21)N1CC[C@H](Oc2cccnc2)C1. The normalized spacial score (nSPS) is 22.2. The van der Waals surface area contributed by atoms with Gasteiger partial charge in [0, 0.05) is 19.2 Å². The average Bonchev–Trinajstić information content (AvgIpc) is 3.24. The molecule has 1 aliphatic heterocycles. The number of benzene rings is 1. The number of hydrogen-bond acceptors (Lipinski definition) is 3. The molecule has 24 heavy (non-hydrogen) atoms. The van der Waals surface area contributed by atoms with Crippen molar-refractivity contribution in [1.29, 1.82) is 0 Å². The molecule has 0 bridgehead atoms. The van der Waals surface area contributed by atoms with Gasteiger partial charge >= 0.3 is 6.03 Å². The van der Waals surface area contributed by atoms with Crippen molar-refractivity contribution in [1.82, 2.24) is 15.2 Å². The number of ether oxygens (including phenoxy) is 1. The Labute approximate surface area is 141 Å².